The summed E-state index contributed by atoms with van der Waals surface area (Å²) in [5, 5.41) is 3.45. The molecule has 2 heteroatoms. The lowest BCUT2D eigenvalue weighted by Crippen LogP contribution is -2.41. The summed E-state index contributed by atoms with van der Waals surface area (Å²) in [5.41, 5.74) is 2.69. The van der Waals surface area contributed by atoms with Gasteiger partial charge in [-0.3, -0.25) is 4.98 Å². The number of nitrogens with one attached hydrogen (secondary N) is 1. The Morgan fingerprint density at radius 3 is 2.28 bits per heavy atom. The van der Waals surface area contributed by atoms with Gasteiger partial charge in [-0.1, -0.05) is 36.4 Å². The molecule has 1 aromatic heterocycles. The van der Waals surface area contributed by atoms with Gasteiger partial charge in [0.2, 0.25) is 0 Å². The minimum atomic E-state index is 0.0910. The molecule has 2 heterocycles. The van der Waals surface area contributed by atoms with Crippen molar-refractivity contribution in [3.05, 3.63) is 66.0 Å². The molecule has 0 unspecified atom stereocenters. The van der Waals surface area contributed by atoms with Gasteiger partial charge in [0.25, 0.3) is 0 Å². The number of benzene rings is 1. The van der Waals surface area contributed by atoms with Crippen molar-refractivity contribution in [3.8, 4) is 0 Å². The van der Waals surface area contributed by atoms with E-state index in [0.717, 1.165) is 25.9 Å². The molecule has 3 rings (SSSR count). The predicted molar refractivity (Wildman–Crippen MR) is 73.6 cm³/mol. The number of piperidine rings is 1. The van der Waals surface area contributed by atoms with Crippen LogP contribution in [0.5, 0.6) is 0 Å². The van der Waals surface area contributed by atoms with Crippen LogP contribution in [0.15, 0.2) is 54.7 Å². The summed E-state index contributed by atoms with van der Waals surface area (Å²) in [6.07, 6.45) is 4.14. The first kappa shape index (κ1) is 11.4. The quantitative estimate of drug-likeness (QED) is 0.870. The van der Waals surface area contributed by atoms with Gasteiger partial charge in [-0.05, 0) is 43.6 Å². The molecular weight excluding hydrogens is 220 g/mol. The van der Waals surface area contributed by atoms with Crippen LogP contribution in [-0.2, 0) is 5.41 Å². The molecular formula is C16H18N2. The summed E-state index contributed by atoms with van der Waals surface area (Å²) < 4.78 is 0. The molecule has 0 bridgehead atoms. The van der Waals surface area contributed by atoms with Gasteiger partial charge in [-0.2, -0.15) is 0 Å². The molecule has 2 aromatic rings. The van der Waals surface area contributed by atoms with Crippen LogP contribution in [0.25, 0.3) is 0 Å². The third kappa shape index (κ3) is 1.93. The van der Waals surface area contributed by atoms with E-state index < -0.39 is 0 Å². The lowest BCUT2D eigenvalue weighted by molar-refractivity contribution is 0.354. The minimum Gasteiger partial charge on any atom is -0.317 e. The monoisotopic (exact) mass is 238 g/mol. The summed E-state index contributed by atoms with van der Waals surface area (Å²) in [5.74, 6) is 0. The number of pyridine rings is 1. The number of nitrogens with zero attached hydrogens (tertiary/aromatic N) is 1. The van der Waals surface area contributed by atoms with E-state index in [1.54, 1.807) is 0 Å². The topological polar surface area (TPSA) is 24.9 Å². The van der Waals surface area contributed by atoms with Crippen LogP contribution in [0.4, 0.5) is 0 Å². The third-order valence-electron chi connectivity index (χ3n) is 3.94. The Labute approximate surface area is 108 Å². The van der Waals surface area contributed by atoms with Crippen molar-refractivity contribution >= 4 is 0 Å². The van der Waals surface area contributed by atoms with Crippen LogP contribution in [0, 0.1) is 0 Å². The van der Waals surface area contributed by atoms with E-state index in [2.05, 4.69) is 52.8 Å². The van der Waals surface area contributed by atoms with Crippen molar-refractivity contribution < 1.29 is 0 Å². The second kappa shape index (κ2) is 4.91. The van der Waals surface area contributed by atoms with E-state index >= 15 is 0 Å². The summed E-state index contributed by atoms with van der Waals surface area (Å²) in [6, 6.07) is 17.1. The summed E-state index contributed by atoms with van der Waals surface area (Å²) in [4.78, 5) is 4.62. The number of hydrogen-bond acceptors (Lipinski definition) is 2. The largest absolute Gasteiger partial charge is 0.317 e. The number of hydrogen-bond donors (Lipinski definition) is 1. The van der Waals surface area contributed by atoms with Crippen LogP contribution in [0.3, 0.4) is 0 Å². The minimum absolute atomic E-state index is 0.0910. The molecule has 1 fully saturated rings. The van der Waals surface area contributed by atoms with E-state index in [1.807, 2.05) is 12.3 Å². The Hall–Kier alpha value is -1.67. The zero-order chi connectivity index (χ0) is 12.3. The molecule has 18 heavy (non-hydrogen) atoms. The van der Waals surface area contributed by atoms with Crippen LogP contribution < -0.4 is 5.32 Å². The third-order valence-corrected chi connectivity index (χ3v) is 3.94. The second-order valence-corrected chi connectivity index (χ2v) is 4.91. The lowest BCUT2D eigenvalue weighted by Gasteiger charge is -2.37. The van der Waals surface area contributed by atoms with E-state index in [1.165, 1.54) is 11.3 Å². The molecule has 92 valence electrons. The zero-order valence-electron chi connectivity index (χ0n) is 10.5. The first-order valence-electron chi connectivity index (χ1n) is 6.60. The highest BCUT2D eigenvalue weighted by Gasteiger charge is 2.36. The van der Waals surface area contributed by atoms with Gasteiger partial charge in [0, 0.05) is 11.6 Å². The van der Waals surface area contributed by atoms with E-state index in [4.69, 9.17) is 0 Å². The van der Waals surface area contributed by atoms with Crippen molar-refractivity contribution in [2.45, 2.75) is 18.3 Å². The Bertz CT molecular complexity index is 446. The predicted octanol–water partition coefficient (Wildman–Crippen LogP) is 2.75. The maximum Gasteiger partial charge on any atom is 0.0510 e. The average molecular weight is 238 g/mol. The summed E-state index contributed by atoms with van der Waals surface area (Å²) in [7, 11) is 0. The molecule has 0 radical (unpaired) electrons. The summed E-state index contributed by atoms with van der Waals surface area (Å²) >= 11 is 0. The van der Waals surface area contributed by atoms with Crippen molar-refractivity contribution in [2.75, 3.05) is 13.1 Å². The van der Waals surface area contributed by atoms with Crippen molar-refractivity contribution in [3.63, 3.8) is 0 Å². The lowest BCUT2D eigenvalue weighted by atomic mass is 9.70. The van der Waals surface area contributed by atoms with Crippen molar-refractivity contribution in [1.82, 2.24) is 10.3 Å². The molecule has 0 saturated carbocycles. The van der Waals surface area contributed by atoms with Crippen molar-refractivity contribution in [2.24, 2.45) is 0 Å². The highest BCUT2D eigenvalue weighted by atomic mass is 14.9. The standard InChI is InChI=1S/C16H18N2/c1-2-6-14(7-3-1)16(9-12-17-13-10-16)15-8-4-5-11-18-15/h1-8,11,17H,9-10,12-13H2. The Kier molecular flexibility index (Phi) is 3.11. The van der Waals surface area contributed by atoms with Crippen LogP contribution in [0.2, 0.25) is 0 Å². The fraction of sp³-hybridized carbons (Fsp3) is 0.312. The van der Waals surface area contributed by atoms with Gasteiger partial charge in [-0.25, -0.2) is 0 Å². The molecule has 1 saturated heterocycles. The van der Waals surface area contributed by atoms with Gasteiger partial charge in [0.1, 0.15) is 0 Å². The van der Waals surface area contributed by atoms with E-state index in [-0.39, 0.29) is 5.41 Å². The van der Waals surface area contributed by atoms with Crippen LogP contribution in [0.1, 0.15) is 24.1 Å². The van der Waals surface area contributed by atoms with E-state index in [9.17, 15) is 0 Å². The highest BCUT2D eigenvalue weighted by molar-refractivity contribution is 5.36. The van der Waals surface area contributed by atoms with Crippen molar-refractivity contribution in [1.29, 1.82) is 0 Å². The van der Waals surface area contributed by atoms with Gasteiger partial charge in [0.05, 0.1) is 5.69 Å². The molecule has 1 N–H and O–H groups in total. The molecule has 0 atom stereocenters. The molecule has 1 aliphatic heterocycles. The van der Waals surface area contributed by atoms with Crippen LogP contribution >= 0.6 is 0 Å². The fourth-order valence-corrected chi connectivity index (χ4v) is 2.95. The smallest absolute Gasteiger partial charge is 0.0510 e. The molecule has 0 aliphatic carbocycles. The first-order chi connectivity index (χ1) is 8.92. The SMILES string of the molecule is c1ccc(C2(c3ccccn3)CCNCC2)cc1. The van der Waals surface area contributed by atoms with Gasteiger partial charge in [-0.15, -0.1) is 0 Å². The fourth-order valence-electron chi connectivity index (χ4n) is 2.95. The molecule has 0 amide bonds. The second-order valence-electron chi connectivity index (χ2n) is 4.91. The van der Waals surface area contributed by atoms with Gasteiger partial charge < -0.3 is 5.32 Å². The maximum atomic E-state index is 4.62. The molecule has 0 spiro atoms. The Morgan fingerprint density at radius 1 is 0.889 bits per heavy atom. The first-order valence-corrected chi connectivity index (χ1v) is 6.60. The number of rotatable bonds is 2. The Balaban J connectivity index is 2.10. The highest BCUT2D eigenvalue weighted by Crippen LogP contribution is 2.38. The number of aromatic nitrogens is 1. The zero-order valence-corrected chi connectivity index (χ0v) is 10.5. The Morgan fingerprint density at radius 2 is 1.61 bits per heavy atom. The normalized spacial score (nSPS) is 18.4. The van der Waals surface area contributed by atoms with Gasteiger partial charge in [0.15, 0.2) is 0 Å². The van der Waals surface area contributed by atoms with Crippen LogP contribution in [-0.4, -0.2) is 18.1 Å². The summed E-state index contributed by atoms with van der Waals surface area (Å²) in [6.45, 7) is 2.12. The maximum absolute atomic E-state index is 4.62. The van der Waals surface area contributed by atoms with E-state index in [0.29, 0.717) is 0 Å². The molecule has 1 aromatic carbocycles. The average Bonchev–Trinajstić information content (AvgIpc) is 2.50. The molecule has 2 nitrogen and oxygen atoms in total. The van der Waals surface area contributed by atoms with Gasteiger partial charge >= 0.3 is 0 Å². The molecule has 1 aliphatic rings.